The van der Waals surface area contributed by atoms with E-state index < -0.39 is 5.41 Å². The van der Waals surface area contributed by atoms with E-state index in [0.717, 1.165) is 11.1 Å². The minimum Gasteiger partial charge on any atom is -0.380 e. The van der Waals surface area contributed by atoms with Gasteiger partial charge in [0.05, 0.1) is 25.7 Å². The van der Waals surface area contributed by atoms with E-state index in [1.54, 1.807) is 7.05 Å². The van der Waals surface area contributed by atoms with Gasteiger partial charge in [0.15, 0.2) is 0 Å². The molecule has 124 valence electrons. The molecule has 1 aromatic rings. The second-order valence-electron chi connectivity index (χ2n) is 6.04. The first kappa shape index (κ1) is 18.6. The Bertz CT molecular complexity index is 493. The van der Waals surface area contributed by atoms with Crippen LogP contribution in [0.5, 0.6) is 0 Å². The highest BCUT2D eigenvalue weighted by atomic mass is 16.7. The Morgan fingerprint density at radius 1 is 1.45 bits per heavy atom. The number of likely N-dealkylation sites (N-methyl/N-ethyl adjacent to an activating group) is 1. The van der Waals surface area contributed by atoms with Gasteiger partial charge >= 0.3 is 0 Å². The molecule has 0 saturated heterocycles. The molecule has 0 aliphatic rings. The molecule has 0 radical (unpaired) electrons. The van der Waals surface area contributed by atoms with Gasteiger partial charge in [-0.25, -0.2) is 5.06 Å². The average Bonchev–Trinajstić information content (AvgIpc) is 2.52. The van der Waals surface area contributed by atoms with Gasteiger partial charge in [-0.2, -0.15) is 0 Å². The Morgan fingerprint density at radius 3 is 2.68 bits per heavy atom. The third-order valence-electron chi connectivity index (χ3n) is 3.88. The zero-order chi connectivity index (χ0) is 16.8. The van der Waals surface area contributed by atoms with Crippen molar-refractivity contribution in [2.45, 2.75) is 26.2 Å². The third kappa shape index (κ3) is 4.53. The molecular weight excluding hydrogens is 280 g/mol. The molecule has 0 heterocycles. The lowest BCUT2D eigenvalue weighted by molar-refractivity contribution is -0.177. The number of hydroxylamine groups is 2. The molecule has 0 spiro atoms. The van der Waals surface area contributed by atoms with Crippen LogP contribution in [0.3, 0.4) is 0 Å². The quantitative estimate of drug-likeness (QED) is 0.745. The van der Waals surface area contributed by atoms with Gasteiger partial charge in [-0.3, -0.25) is 9.63 Å². The highest BCUT2D eigenvalue weighted by Crippen LogP contribution is 2.27. The number of rotatable bonds is 8. The lowest BCUT2D eigenvalue weighted by Crippen LogP contribution is -2.46. The number of nitrogens with zero attached hydrogens (tertiary/aromatic N) is 1. The molecule has 0 bridgehead atoms. The SMILES string of the molecule is CON(C)C(=O)C(C)(COCC(C)CN)c1cccc(C)c1. The van der Waals surface area contributed by atoms with Gasteiger partial charge in [0.2, 0.25) is 0 Å². The summed E-state index contributed by atoms with van der Waals surface area (Å²) < 4.78 is 5.78. The van der Waals surface area contributed by atoms with Gasteiger partial charge in [-0.05, 0) is 31.9 Å². The van der Waals surface area contributed by atoms with Crippen LogP contribution >= 0.6 is 0 Å². The zero-order valence-electron chi connectivity index (χ0n) is 14.3. The molecule has 5 heteroatoms. The topological polar surface area (TPSA) is 64.8 Å². The number of ether oxygens (including phenoxy) is 1. The summed E-state index contributed by atoms with van der Waals surface area (Å²) >= 11 is 0. The third-order valence-corrected chi connectivity index (χ3v) is 3.88. The van der Waals surface area contributed by atoms with E-state index in [4.69, 9.17) is 15.3 Å². The maximum absolute atomic E-state index is 12.7. The number of benzene rings is 1. The standard InChI is InChI=1S/C17H28N2O3/c1-13-7-6-8-15(9-13)17(3,16(20)19(4)21-5)12-22-11-14(2)10-18/h6-9,14H,10-12,18H2,1-5H3. The number of carbonyl (C=O) groups is 1. The zero-order valence-corrected chi connectivity index (χ0v) is 14.3. The van der Waals surface area contributed by atoms with E-state index in [9.17, 15) is 4.79 Å². The van der Waals surface area contributed by atoms with E-state index in [1.165, 1.54) is 12.2 Å². The maximum Gasteiger partial charge on any atom is 0.258 e. The first-order valence-corrected chi connectivity index (χ1v) is 7.52. The molecule has 2 unspecified atom stereocenters. The predicted molar refractivity (Wildman–Crippen MR) is 87.3 cm³/mol. The Hall–Kier alpha value is -1.43. The van der Waals surface area contributed by atoms with Crippen LogP contribution in [-0.2, 0) is 19.8 Å². The fourth-order valence-electron chi connectivity index (χ4n) is 2.22. The van der Waals surface area contributed by atoms with Gasteiger partial charge in [0, 0.05) is 7.05 Å². The van der Waals surface area contributed by atoms with Crippen LogP contribution in [0, 0.1) is 12.8 Å². The normalized spacial score (nSPS) is 15.2. The van der Waals surface area contributed by atoms with Crippen LogP contribution in [0.15, 0.2) is 24.3 Å². The molecule has 0 fully saturated rings. The second-order valence-corrected chi connectivity index (χ2v) is 6.04. The number of hydrogen-bond donors (Lipinski definition) is 1. The van der Waals surface area contributed by atoms with Crippen LogP contribution in [0.4, 0.5) is 0 Å². The molecule has 0 aromatic heterocycles. The summed E-state index contributed by atoms with van der Waals surface area (Å²) in [6, 6.07) is 7.92. The Morgan fingerprint density at radius 2 is 2.14 bits per heavy atom. The summed E-state index contributed by atoms with van der Waals surface area (Å²) in [7, 11) is 3.09. The summed E-state index contributed by atoms with van der Waals surface area (Å²) in [6.07, 6.45) is 0. The van der Waals surface area contributed by atoms with Crippen LogP contribution in [0.1, 0.15) is 25.0 Å². The number of amides is 1. The molecule has 1 aromatic carbocycles. The molecule has 0 saturated carbocycles. The van der Waals surface area contributed by atoms with Crippen LogP contribution in [0.25, 0.3) is 0 Å². The van der Waals surface area contributed by atoms with Crippen molar-refractivity contribution in [1.82, 2.24) is 5.06 Å². The van der Waals surface area contributed by atoms with Gasteiger partial charge in [0.25, 0.3) is 5.91 Å². The van der Waals surface area contributed by atoms with E-state index in [-0.39, 0.29) is 18.4 Å². The summed E-state index contributed by atoms with van der Waals surface area (Å²) in [6.45, 7) is 7.29. The van der Waals surface area contributed by atoms with E-state index in [2.05, 4.69) is 0 Å². The molecule has 2 atom stereocenters. The Kier molecular flexibility index (Phi) is 7.00. The molecule has 2 N–H and O–H groups in total. The molecule has 22 heavy (non-hydrogen) atoms. The monoisotopic (exact) mass is 308 g/mol. The van der Waals surface area contributed by atoms with E-state index >= 15 is 0 Å². The second kappa shape index (κ2) is 8.27. The van der Waals surface area contributed by atoms with Crippen molar-refractivity contribution in [3.63, 3.8) is 0 Å². The summed E-state index contributed by atoms with van der Waals surface area (Å²) in [5.41, 5.74) is 6.83. The summed E-state index contributed by atoms with van der Waals surface area (Å²) in [4.78, 5) is 17.8. The number of nitrogens with two attached hydrogens (primary N) is 1. The van der Waals surface area contributed by atoms with Crippen LogP contribution < -0.4 is 5.73 Å². The van der Waals surface area contributed by atoms with Crippen molar-refractivity contribution >= 4 is 5.91 Å². The highest BCUT2D eigenvalue weighted by molar-refractivity contribution is 5.87. The molecule has 1 rings (SSSR count). The Labute approximate surface area is 133 Å². The van der Waals surface area contributed by atoms with Crippen molar-refractivity contribution in [3.8, 4) is 0 Å². The minimum absolute atomic E-state index is 0.138. The first-order chi connectivity index (χ1) is 10.3. The average molecular weight is 308 g/mol. The number of hydrogen-bond acceptors (Lipinski definition) is 4. The predicted octanol–water partition coefficient (Wildman–Crippen LogP) is 1.88. The fourth-order valence-corrected chi connectivity index (χ4v) is 2.22. The molecule has 0 aliphatic carbocycles. The molecule has 0 aliphatic heterocycles. The van der Waals surface area contributed by atoms with E-state index in [0.29, 0.717) is 13.2 Å². The molecule has 1 amide bonds. The van der Waals surface area contributed by atoms with Gasteiger partial charge in [0.1, 0.15) is 0 Å². The fraction of sp³-hybridized carbons (Fsp3) is 0.588. The van der Waals surface area contributed by atoms with Gasteiger partial charge < -0.3 is 10.5 Å². The first-order valence-electron chi connectivity index (χ1n) is 7.52. The highest BCUT2D eigenvalue weighted by Gasteiger charge is 2.38. The number of aryl methyl sites for hydroxylation is 1. The minimum atomic E-state index is -0.800. The lowest BCUT2D eigenvalue weighted by Gasteiger charge is -2.32. The van der Waals surface area contributed by atoms with Crippen LogP contribution in [-0.4, -0.2) is 44.9 Å². The lowest BCUT2D eigenvalue weighted by atomic mass is 9.81. The molecule has 5 nitrogen and oxygen atoms in total. The number of carbonyl (C=O) groups excluding carboxylic acids is 1. The van der Waals surface area contributed by atoms with Gasteiger partial charge in [-0.15, -0.1) is 0 Å². The van der Waals surface area contributed by atoms with Crippen molar-refractivity contribution in [2.24, 2.45) is 11.7 Å². The van der Waals surface area contributed by atoms with Crippen molar-refractivity contribution in [1.29, 1.82) is 0 Å². The molecular formula is C17H28N2O3. The largest absolute Gasteiger partial charge is 0.380 e. The Balaban J connectivity index is 3.01. The maximum atomic E-state index is 12.7. The van der Waals surface area contributed by atoms with Crippen molar-refractivity contribution < 1.29 is 14.4 Å². The van der Waals surface area contributed by atoms with Gasteiger partial charge in [-0.1, -0.05) is 36.8 Å². The van der Waals surface area contributed by atoms with E-state index in [1.807, 2.05) is 45.0 Å². The smallest absolute Gasteiger partial charge is 0.258 e. The van der Waals surface area contributed by atoms with Crippen LogP contribution in [0.2, 0.25) is 0 Å². The van der Waals surface area contributed by atoms with Crippen molar-refractivity contribution in [3.05, 3.63) is 35.4 Å². The summed E-state index contributed by atoms with van der Waals surface area (Å²) in [5, 5.41) is 1.25. The summed E-state index contributed by atoms with van der Waals surface area (Å²) in [5.74, 6) is 0.123. The van der Waals surface area contributed by atoms with Crippen molar-refractivity contribution in [2.75, 3.05) is 33.9 Å².